The maximum Gasteiger partial charge on any atom is 0.257 e. The Morgan fingerprint density at radius 1 is 0.914 bits per heavy atom. The van der Waals surface area contributed by atoms with Crippen molar-refractivity contribution < 1.29 is 9.59 Å². The monoisotopic (exact) mass is 569 g/mol. The molecule has 1 unspecified atom stereocenters. The SMILES string of the molecule is CC(Cl)(Cl)C(C(=O)Nc1ccc(Cl)c(C(=O)Nc2ccc3c(c2)CCN3)c1)c1cc(Cl)cc(Cl)c1. The van der Waals surface area contributed by atoms with Crippen molar-refractivity contribution >= 4 is 86.9 Å². The number of alkyl halides is 2. The molecule has 1 aliphatic rings. The molecule has 4 rings (SSSR count). The predicted molar refractivity (Wildman–Crippen MR) is 146 cm³/mol. The van der Waals surface area contributed by atoms with Gasteiger partial charge in [-0.25, -0.2) is 0 Å². The van der Waals surface area contributed by atoms with E-state index in [1.54, 1.807) is 24.3 Å². The van der Waals surface area contributed by atoms with Crippen molar-refractivity contribution in [3.63, 3.8) is 0 Å². The topological polar surface area (TPSA) is 70.2 Å². The summed E-state index contributed by atoms with van der Waals surface area (Å²) in [4.78, 5) is 26.2. The van der Waals surface area contributed by atoms with Gasteiger partial charge in [0, 0.05) is 33.7 Å². The fourth-order valence-electron chi connectivity index (χ4n) is 3.99. The third-order valence-electron chi connectivity index (χ3n) is 5.54. The van der Waals surface area contributed by atoms with Crippen LogP contribution in [0.1, 0.15) is 34.3 Å². The van der Waals surface area contributed by atoms with Crippen LogP contribution < -0.4 is 16.0 Å². The molecule has 182 valence electrons. The summed E-state index contributed by atoms with van der Waals surface area (Å²) in [5.41, 5.74) is 3.84. The predicted octanol–water partition coefficient (Wildman–Crippen LogP) is 7.78. The highest BCUT2D eigenvalue weighted by atomic mass is 35.5. The number of anilines is 3. The molecule has 0 aliphatic carbocycles. The minimum absolute atomic E-state index is 0.199. The van der Waals surface area contributed by atoms with Crippen LogP contribution in [0.15, 0.2) is 54.6 Å². The Labute approximate surface area is 228 Å². The molecular formula is C25H20Cl5N3O2. The Bertz CT molecular complexity index is 1290. The number of fused-ring (bicyclic) bond motifs is 1. The number of amides is 2. The maximum absolute atomic E-state index is 13.2. The molecule has 0 bridgehead atoms. The van der Waals surface area contributed by atoms with Crippen LogP contribution in [0.2, 0.25) is 15.1 Å². The van der Waals surface area contributed by atoms with Crippen molar-refractivity contribution in [2.75, 3.05) is 22.5 Å². The van der Waals surface area contributed by atoms with Gasteiger partial charge in [0.2, 0.25) is 5.91 Å². The Hall–Kier alpha value is -2.15. The van der Waals surface area contributed by atoms with Gasteiger partial charge in [0.05, 0.1) is 16.5 Å². The number of rotatable bonds is 6. The molecule has 1 atom stereocenters. The zero-order valence-electron chi connectivity index (χ0n) is 18.4. The molecule has 1 aliphatic heterocycles. The van der Waals surface area contributed by atoms with E-state index in [2.05, 4.69) is 16.0 Å². The lowest BCUT2D eigenvalue weighted by molar-refractivity contribution is -0.117. The highest BCUT2D eigenvalue weighted by molar-refractivity contribution is 6.50. The van der Waals surface area contributed by atoms with Crippen molar-refractivity contribution in [2.45, 2.75) is 23.6 Å². The Balaban J connectivity index is 1.56. The van der Waals surface area contributed by atoms with Gasteiger partial charge in [-0.15, -0.1) is 23.2 Å². The molecule has 0 saturated heterocycles. The summed E-state index contributed by atoms with van der Waals surface area (Å²) >= 11 is 31.3. The van der Waals surface area contributed by atoms with Gasteiger partial charge in [0.1, 0.15) is 4.33 Å². The van der Waals surface area contributed by atoms with Crippen LogP contribution in [-0.4, -0.2) is 22.7 Å². The highest BCUT2D eigenvalue weighted by Gasteiger charge is 2.38. The van der Waals surface area contributed by atoms with E-state index < -0.39 is 22.1 Å². The van der Waals surface area contributed by atoms with E-state index in [-0.39, 0.29) is 10.6 Å². The molecule has 0 radical (unpaired) electrons. The van der Waals surface area contributed by atoms with Crippen LogP contribution in [0.25, 0.3) is 0 Å². The first-order valence-corrected chi connectivity index (χ1v) is 12.5. The van der Waals surface area contributed by atoms with E-state index >= 15 is 0 Å². The lowest BCUT2D eigenvalue weighted by Crippen LogP contribution is -2.32. The van der Waals surface area contributed by atoms with Gasteiger partial charge in [-0.1, -0.05) is 34.8 Å². The molecule has 2 amide bonds. The van der Waals surface area contributed by atoms with Gasteiger partial charge in [0.15, 0.2) is 0 Å². The third kappa shape index (κ3) is 6.16. The minimum Gasteiger partial charge on any atom is -0.384 e. The van der Waals surface area contributed by atoms with E-state index in [4.69, 9.17) is 58.0 Å². The van der Waals surface area contributed by atoms with Crippen molar-refractivity contribution in [1.29, 1.82) is 0 Å². The number of carbonyl (C=O) groups excluding carboxylic acids is 2. The Kier molecular flexibility index (Phi) is 7.74. The Morgan fingerprint density at radius 2 is 1.57 bits per heavy atom. The van der Waals surface area contributed by atoms with Gasteiger partial charge in [-0.3, -0.25) is 9.59 Å². The first kappa shape index (κ1) is 25.9. The fraction of sp³-hybridized carbons (Fsp3) is 0.200. The lowest BCUT2D eigenvalue weighted by Gasteiger charge is -2.26. The van der Waals surface area contributed by atoms with Crippen LogP contribution in [0, 0.1) is 0 Å². The lowest BCUT2D eigenvalue weighted by atomic mass is 9.94. The molecule has 0 spiro atoms. The average molecular weight is 572 g/mol. The van der Waals surface area contributed by atoms with E-state index in [1.807, 2.05) is 18.2 Å². The molecular weight excluding hydrogens is 552 g/mol. The standard InChI is InChI=1S/C25H20Cl5N3O2/c1-25(29,30)22(14-8-15(26)11-16(27)9-14)24(35)33-18-2-4-20(28)19(12-18)23(34)32-17-3-5-21-13(10-17)6-7-31-21/h2-5,8-12,22,31H,6-7H2,1H3,(H,32,34)(H,33,35). The second-order valence-corrected chi connectivity index (χ2v) is 11.3. The zero-order chi connectivity index (χ0) is 25.3. The van der Waals surface area contributed by atoms with Gasteiger partial charge in [-0.2, -0.15) is 0 Å². The van der Waals surface area contributed by atoms with Crippen LogP contribution in [0.3, 0.4) is 0 Å². The first-order chi connectivity index (χ1) is 16.5. The summed E-state index contributed by atoms with van der Waals surface area (Å²) < 4.78 is -1.48. The van der Waals surface area contributed by atoms with Gasteiger partial charge < -0.3 is 16.0 Å². The van der Waals surface area contributed by atoms with Crippen LogP contribution in [0.4, 0.5) is 17.1 Å². The summed E-state index contributed by atoms with van der Waals surface area (Å²) in [7, 11) is 0. The van der Waals surface area contributed by atoms with E-state index in [0.717, 1.165) is 24.2 Å². The van der Waals surface area contributed by atoms with Crippen molar-refractivity contribution in [2.24, 2.45) is 0 Å². The summed E-state index contributed by atoms with van der Waals surface area (Å²) in [5, 5.41) is 9.83. The van der Waals surface area contributed by atoms with E-state index in [9.17, 15) is 9.59 Å². The van der Waals surface area contributed by atoms with Crippen LogP contribution >= 0.6 is 58.0 Å². The van der Waals surface area contributed by atoms with Crippen LogP contribution in [-0.2, 0) is 11.2 Å². The van der Waals surface area contributed by atoms with Gasteiger partial charge >= 0.3 is 0 Å². The number of nitrogens with one attached hydrogen (secondary N) is 3. The van der Waals surface area contributed by atoms with E-state index in [0.29, 0.717) is 27.0 Å². The first-order valence-electron chi connectivity index (χ1n) is 10.6. The number of halogens is 5. The summed E-state index contributed by atoms with van der Waals surface area (Å²) in [5.74, 6) is -1.92. The van der Waals surface area contributed by atoms with Crippen LogP contribution in [0.5, 0.6) is 0 Å². The normalized spacial score (nSPS) is 13.5. The molecule has 0 saturated carbocycles. The third-order valence-corrected chi connectivity index (χ3v) is 6.74. The fourth-order valence-corrected chi connectivity index (χ4v) is 5.19. The quantitative estimate of drug-likeness (QED) is 0.265. The summed E-state index contributed by atoms with van der Waals surface area (Å²) in [6.07, 6.45) is 0.889. The second-order valence-electron chi connectivity index (χ2n) is 8.28. The number of hydrogen-bond acceptors (Lipinski definition) is 3. The van der Waals surface area contributed by atoms with Gasteiger partial charge in [0.25, 0.3) is 5.91 Å². The van der Waals surface area contributed by atoms with Crippen molar-refractivity contribution in [1.82, 2.24) is 0 Å². The van der Waals surface area contributed by atoms with Crippen molar-refractivity contribution in [3.05, 3.63) is 86.4 Å². The van der Waals surface area contributed by atoms with Crippen molar-refractivity contribution in [3.8, 4) is 0 Å². The second kappa shape index (κ2) is 10.5. The minimum atomic E-state index is -1.48. The molecule has 1 heterocycles. The Morgan fingerprint density at radius 3 is 2.26 bits per heavy atom. The molecule has 3 aromatic carbocycles. The summed E-state index contributed by atoms with van der Waals surface area (Å²) in [6.45, 7) is 2.37. The molecule has 3 N–H and O–H groups in total. The molecule has 0 fully saturated rings. The molecule has 10 heteroatoms. The molecule has 3 aromatic rings. The number of benzene rings is 3. The number of hydrogen-bond donors (Lipinski definition) is 3. The largest absolute Gasteiger partial charge is 0.384 e. The summed E-state index contributed by atoms with van der Waals surface area (Å²) in [6, 6.07) is 15.0. The highest BCUT2D eigenvalue weighted by Crippen LogP contribution is 2.40. The smallest absolute Gasteiger partial charge is 0.257 e. The molecule has 35 heavy (non-hydrogen) atoms. The average Bonchev–Trinajstić information content (AvgIpc) is 3.21. The zero-order valence-corrected chi connectivity index (χ0v) is 22.2. The molecule has 0 aromatic heterocycles. The molecule has 5 nitrogen and oxygen atoms in total. The van der Waals surface area contributed by atoms with E-state index in [1.165, 1.54) is 19.1 Å². The maximum atomic E-state index is 13.2. The number of carbonyl (C=O) groups is 2. The van der Waals surface area contributed by atoms with Gasteiger partial charge in [-0.05, 0) is 79.1 Å².